The highest BCUT2D eigenvalue weighted by atomic mass is 79.9. The van der Waals surface area contributed by atoms with Crippen LogP contribution in [0.4, 0.5) is 0 Å². The first-order chi connectivity index (χ1) is 7.22. The minimum Gasteiger partial charge on any atom is -0.495 e. The summed E-state index contributed by atoms with van der Waals surface area (Å²) in [5.41, 5.74) is 2.71. The molecule has 0 aliphatic carbocycles. The number of ether oxygens (including phenoxy) is 1. The maximum absolute atomic E-state index is 5.41. The zero-order valence-electron chi connectivity index (χ0n) is 9.77. The Balaban J connectivity index is 3.07. The van der Waals surface area contributed by atoms with E-state index < -0.39 is 0 Å². The summed E-state index contributed by atoms with van der Waals surface area (Å²) < 4.78 is 6.50. The third-order valence-electron chi connectivity index (χ3n) is 2.44. The molecule has 0 fully saturated rings. The van der Waals surface area contributed by atoms with Gasteiger partial charge in [-0.3, -0.25) is 0 Å². The van der Waals surface area contributed by atoms with Crippen LogP contribution >= 0.6 is 15.9 Å². The summed E-state index contributed by atoms with van der Waals surface area (Å²) >= 11 is 3.57. The minimum atomic E-state index is 0.997. The number of methoxy groups -OCH3 is 1. The van der Waals surface area contributed by atoms with Gasteiger partial charge in [0.05, 0.1) is 11.6 Å². The van der Waals surface area contributed by atoms with Crippen LogP contribution in [-0.4, -0.2) is 7.11 Å². The Hall–Kier alpha value is -0.500. The molecule has 15 heavy (non-hydrogen) atoms. The summed E-state index contributed by atoms with van der Waals surface area (Å²) in [6.07, 6.45) is 4.56. The monoisotopic (exact) mass is 270 g/mol. The summed E-state index contributed by atoms with van der Waals surface area (Å²) in [6.45, 7) is 4.40. The molecule has 0 atom stereocenters. The van der Waals surface area contributed by atoms with Crippen LogP contribution in [0.25, 0.3) is 0 Å². The van der Waals surface area contributed by atoms with Gasteiger partial charge in [0.15, 0.2) is 0 Å². The highest BCUT2D eigenvalue weighted by molar-refractivity contribution is 9.10. The number of aryl methyl sites for hydroxylation is 2. The largest absolute Gasteiger partial charge is 0.495 e. The number of rotatable bonds is 5. The lowest BCUT2D eigenvalue weighted by Crippen LogP contribution is -1.96. The third-order valence-corrected chi connectivity index (χ3v) is 3.03. The number of benzene rings is 1. The Morgan fingerprint density at radius 3 is 2.33 bits per heavy atom. The molecular weight excluding hydrogens is 252 g/mol. The molecule has 0 aliphatic heterocycles. The van der Waals surface area contributed by atoms with Gasteiger partial charge in [0, 0.05) is 0 Å². The second kappa shape index (κ2) is 6.16. The van der Waals surface area contributed by atoms with Gasteiger partial charge in [-0.05, 0) is 46.0 Å². The molecule has 1 rings (SSSR count). The first kappa shape index (κ1) is 12.6. The fraction of sp³-hybridized carbons (Fsp3) is 0.538. The van der Waals surface area contributed by atoms with Crippen LogP contribution in [0, 0.1) is 0 Å². The van der Waals surface area contributed by atoms with Crippen molar-refractivity contribution in [3.05, 3.63) is 27.7 Å². The van der Waals surface area contributed by atoms with Crippen molar-refractivity contribution in [1.82, 2.24) is 0 Å². The maximum atomic E-state index is 5.41. The Labute approximate surface area is 101 Å². The molecule has 0 heterocycles. The second-order valence-electron chi connectivity index (χ2n) is 3.77. The molecule has 0 aromatic heterocycles. The summed E-state index contributed by atoms with van der Waals surface area (Å²) in [4.78, 5) is 0. The molecule has 1 aromatic carbocycles. The molecule has 0 saturated carbocycles. The van der Waals surface area contributed by atoms with Gasteiger partial charge < -0.3 is 4.74 Å². The van der Waals surface area contributed by atoms with Crippen molar-refractivity contribution >= 4 is 15.9 Å². The topological polar surface area (TPSA) is 9.23 Å². The van der Waals surface area contributed by atoms with E-state index in [0.717, 1.165) is 29.5 Å². The Morgan fingerprint density at radius 1 is 1.13 bits per heavy atom. The summed E-state index contributed by atoms with van der Waals surface area (Å²) in [5.74, 6) is 0.997. The van der Waals surface area contributed by atoms with Crippen LogP contribution in [-0.2, 0) is 12.8 Å². The Morgan fingerprint density at radius 2 is 1.80 bits per heavy atom. The average molecular weight is 271 g/mol. The van der Waals surface area contributed by atoms with Crippen molar-refractivity contribution in [2.24, 2.45) is 0 Å². The van der Waals surface area contributed by atoms with E-state index in [4.69, 9.17) is 4.74 Å². The van der Waals surface area contributed by atoms with E-state index in [0.29, 0.717) is 0 Å². The third kappa shape index (κ3) is 3.23. The smallest absolute Gasteiger partial charge is 0.136 e. The van der Waals surface area contributed by atoms with E-state index in [-0.39, 0.29) is 0 Å². The van der Waals surface area contributed by atoms with E-state index in [1.165, 1.54) is 17.5 Å². The maximum Gasteiger partial charge on any atom is 0.136 e. The highest BCUT2D eigenvalue weighted by Gasteiger charge is 2.08. The van der Waals surface area contributed by atoms with Crippen molar-refractivity contribution < 1.29 is 4.74 Å². The van der Waals surface area contributed by atoms with Gasteiger partial charge in [-0.25, -0.2) is 0 Å². The molecule has 0 saturated heterocycles. The van der Waals surface area contributed by atoms with Crippen LogP contribution in [0.15, 0.2) is 16.6 Å². The predicted octanol–water partition coefficient (Wildman–Crippen LogP) is 4.36. The molecule has 2 heteroatoms. The molecule has 1 nitrogen and oxygen atoms in total. The van der Waals surface area contributed by atoms with Crippen LogP contribution in [0.5, 0.6) is 5.75 Å². The standard InChI is InChI=1S/C13H19BrO/c1-4-6-10-8-11(7-5-2)13(15-3)12(14)9-10/h8-9H,4-7H2,1-3H3. The van der Waals surface area contributed by atoms with Crippen LogP contribution in [0.1, 0.15) is 37.8 Å². The molecule has 0 radical (unpaired) electrons. The molecule has 84 valence electrons. The van der Waals surface area contributed by atoms with E-state index in [1.54, 1.807) is 7.11 Å². The molecule has 0 spiro atoms. The van der Waals surface area contributed by atoms with Crippen LogP contribution < -0.4 is 4.74 Å². The number of hydrogen-bond donors (Lipinski definition) is 0. The molecule has 0 unspecified atom stereocenters. The SMILES string of the molecule is CCCc1cc(Br)c(OC)c(CCC)c1. The van der Waals surface area contributed by atoms with Gasteiger partial charge in [-0.2, -0.15) is 0 Å². The van der Waals surface area contributed by atoms with Crippen LogP contribution in [0.3, 0.4) is 0 Å². The van der Waals surface area contributed by atoms with E-state index >= 15 is 0 Å². The molecular formula is C13H19BrO. The lowest BCUT2D eigenvalue weighted by molar-refractivity contribution is 0.406. The van der Waals surface area contributed by atoms with Gasteiger partial charge in [0.2, 0.25) is 0 Å². The normalized spacial score (nSPS) is 10.4. The Bertz CT molecular complexity index is 321. The summed E-state index contributed by atoms with van der Waals surface area (Å²) in [5, 5.41) is 0. The summed E-state index contributed by atoms with van der Waals surface area (Å²) in [6, 6.07) is 4.44. The zero-order valence-corrected chi connectivity index (χ0v) is 11.4. The van der Waals surface area contributed by atoms with Crippen molar-refractivity contribution in [1.29, 1.82) is 0 Å². The van der Waals surface area contributed by atoms with Gasteiger partial charge in [0.1, 0.15) is 5.75 Å². The first-order valence-electron chi connectivity index (χ1n) is 5.58. The van der Waals surface area contributed by atoms with E-state index in [9.17, 15) is 0 Å². The molecule has 0 bridgehead atoms. The Kier molecular flexibility index (Phi) is 5.16. The van der Waals surface area contributed by atoms with Crippen LogP contribution in [0.2, 0.25) is 0 Å². The van der Waals surface area contributed by atoms with Gasteiger partial charge >= 0.3 is 0 Å². The lowest BCUT2D eigenvalue weighted by Gasteiger charge is -2.12. The quantitative estimate of drug-likeness (QED) is 0.773. The molecule has 0 N–H and O–H groups in total. The number of hydrogen-bond acceptors (Lipinski definition) is 1. The fourth-order valence-corrected chi connectivity index (χ4v) is 2.54. The molecule has 1 aromatic rings. The number of halogens is 1. The van der Waals surface area contributed by atoms with E-state index in [2.05, 4.69) is 41.9 Å². The van der Waals surface area contributed by atoms with Crippen molar-refractivity contribution in [3.63, 3.8) is 0 Å². The average Bonchev–Trinajstić information content (AvgIpc) is 2.18. The van der Waals surface area contributed by atoms with Crippen molar-refractivity contribution in [3.8, 4) is 5.75 Å². The lowest BCUT2D eigenvalue weighted by atomic mass is 10.0. The highest BCUT2D eigenvalue weighted by Crippen LogP contribution is 2.31. The predicted molar refractivity (Wildman–Crippen MR) is 68.7 cm³/mol. The molecule has 0 aliphatic rings. The molecule has 0 amide bonds. The first-order valence-corrected chi connectivity index (χ1v) is 6.37. The summed E-state index contributed by atoms with van der Waals surface area (Å²) in [7, 11) is 1.73. The second-order valence-corrected chi connectivity index (χ2v) is 4.62. The van der Waals surface area contributed by atoms with Gasteiger partial charge in [-0.1, -0.05) is 32.8 Å². The zero-order chi connectivity index (χ0) is 11.3. The fourth-order valence-electron chi connectivity index (χ4n) is 1.83. The van der Waals surface area contributed by atoms with Gasteiger partial charge in [0.25, 0.3) is 0 Å². The van der Waals surface area contributed by atoms with E-state index in [1.807, 2.05) is 0 Å². The van der Waals surface area contributed by atoms with Crippen molar-refractivity contribution in [2.75, 3.05) is 7.11 Å². The van der Waals surface area contributed by atoms with Crippen molar-refractivity contribution in [2.45, 2.75) is 39.5 Å². The van der Waals surface area contributed by atoms with Gasteiger partial charge in [-0.15, -0.1) is 0 Å². The minimum absolute atomic E-state index is 0.997.